The lowest BCUT2D eigenvalue weighted by Crippen LogP contribution is -2.41. The van der Waals surface area contributed by atoms with Gasteiger partial charge in [-0.1, -0.05) is 30.3 Å². The van der Waals surface area contributed by atoms with Crippen LogP contribution in [0.2, 0.25) is 0 Å². The zero-order valence-corrected chi connectivity index (χ0v) is 15.0. The summed E-state index contributed by atoms with van der Waals surface area (Å²) in [5.74, 6) is 0.792. The molecule has 23 heavy (non-hydrogen) atoms. The summed E-state index contributed by atoms with van der Waals surface area (Å²) in [4.78, 5) is 12.1. The zero-order valence-electron chi connectivity index (χ0n) is 14.2. The lowest BCUT2D eigenvalue weighted by Gasteiger charge is -2.26. The highest BCUT2D eigenvalue weighted by Crippen LogP contribution is 2.16. The quantitative estimate of drug-likeness (QED) is 0.630. The summed E-state index contributed by atoms with van der Waals surface area (Å²) in [5.41, 5.74) is 1.29. The second-order valence-corrected chi connectivity index (χ2v) is 6.88. The van der Waals surface area contributed by atoms with Crippen molar-refractivity contribution in [2.75, 3.05) is 27.7 Å². The largest absolute Gasteiger partial charge is 0.354 e. The number of nitrogens with zero attached hydrogens (tertiary/aromatic N) is 3. The van der Waals surface area contributed by atoms with E-state index in [1.165, 1.54) is 10.4 Å². The van der Waals surface area contributed by atoms with Gasteiger partial charge in [0.1, 0.15) is 5.01 Å². The normalized spacial score (nSPS) is 13.2. The van der Waals surface area contributed by atoms with E-state index >= 15 is 0 Å². The molecule has 1 aromatic carbocycles. The van der Waals surface area contributed by atoms with Crippen LogP contribution < -0.4 is 10.6 Å². The minimum atomic E-state index is 0.289. The monoisotopic (exact) mass is 331 g/mol. The van der Waals surface area contributed by atoms with Crippen molar-refractivity contribution in [1.82, 2.24) is 20.5 Å². The Kier molecular flexibility index (Phi) is 6.55. The summed E-state index contributed by atoms with van der Waals surface area (Å²) >= 11 is 1.70. The average molecular weight is 331 g/mol. The lowest BCUT2D eigenvalue weighted by molar-refractivity contribution is 0.298. The Morgan fingerprint density at radius 2 is 2.00 bits per heavy atom. The van der Waals surface area contributed by atoms with Crippen LogP contribution in [0.1, 0.15) is 21.5 Å². The van der Waals surface area contributed by atoms with E-state index in [4.69, 9.17) is 0 Å². The smallest absolute Gasteiger partial charge is 0.191 e. The predicted molar refractivity (Wildman–Crippen MR) is 97.9 cm³/mol. The van der Waals surface area contributed by atoms with Gasteiger partial charge in [-0.3, -0.25) is 4.99 Å². The number of rotatable bonds is 6. The molecule has 124 valence electrons. The molecule has 1 unspecified atom stereocenters. The summed E-state index contributed by atoms with van der Waals surface area (Å²) in [6.07, 6.45) is 1.90. The van der Waals surface area contributed by atoms with E-state index in [9.17, 15) is 0 Å². The number of thiazole rings is 1. The first-order valence-electron chi connectivity index (χ1n) is 7.67. The van der Waals surface area contributed by atoms with Gasteiger partial charge in [0.05, 0.1) is 12.6 Å². The van der Waals surface area contributed by atoms with E-state index in [2.05, 4.69) is 70.8 Å². The number of aryl methyl sites for hydroxylation is 1. The van der Waals surface area contributed by atoms with Gasteiger partial charge in [0, 0.05) is 24.7 Å². The summed E-state index contributed by atoms with van der Waals surface area (Å²) < 4.78 is 0. The minimum Gasteiger partial charge on any atom is -0.354 e. The third-order valence-electron chi connectivity index (χ3n) is 3.57. The van der Waals surface area contributed by atoms with E-state index in [-0.39, 0.29) is 6.04 Å². The average Bonchev–Trinajstić information content (AvgIpc) is 2.96. The predicted octanol–water partition coefficient (Wildman–Crippen LogP) is 2.42. The number of benzene rings is 1. The lowest BCUT2D eigenvalue weighted by atomic mass is 10.1. The Hall–Kier alpha value is -1.92. The molecular formula is C17H25N5S. The van der Waals surface area contributed by atoms with Crippen molar-refractivity contribution in [1.29, 1.82) is 0 Å². The standard InChI is InChI=1S/C17H25N5S/c1-13-10-19-16(23-13)12-21-17(18-2)20-11-15(22(3)4)14-8-6-5-7-9-14/h5-10,15H,11-12H2,1-4H3,(H2,18,20,21). The highest BCUT2D eigenvalue weighted by molar-refractivity contribution is 7.11. The van der Waals surface area contributed by atoms with Gasteiger partial charge in [-0.05, 0) is 26.6 Å². The highest BCUT2D eigenvalue weighted by Gasteiger charge is 2.14. The molecule has 6 heteroatoms. The number of guanidine groups is 1. The Bertz CT molecular complexity index is 621. The zero-order chi connectivity index (χ0) is 16.7. The maximum Gasteiger partial charge on any atom is 0.191 e. The Labute approximate surface area is 142 Å². The molecule has 0 fully saturated rings. The molecule has 0 radical (unpaired) electrons. The van der Waals surface area contributed by atoms with Crippen molar-refractivity contribution >= 4 is 17.3 Å². The molecule has 2 rings (SSSR count). The van der Waals surface area contributed by atoms with Crippen molar-refractivity contribution < 1.29 is 0 Å². The van der Waals surface area contributed by atoms with Crippen molar-refractivity contribution in [3.8, 4) is 0 Å². The number of nitrogens with one attached hydrogen (secondary N) is 2. The fraction of sp³-hybridized carbons (Fsp3) is 0.412. The Morgan fingerprint density at radius 1 is 1.26 bits per heavy atom. The van der Waals surface area contributed by atoms with Crippen LogP contribution in [-0.2, 0) is 6.54 Å². The second kappa shape index (κ2) is 8.64. The second-order valence-electron chi connectivity index (χ2n) is 5.56. The van der Waals surface area contributed by atoms with Gasteiger partial charge >= 0.3 is 0 Å². The number of hydrogen-bond donors (Lipinski definition) is 2. The van der Waals surface area contributed by atoms with Crippen LogP contribution in [0.15, 0.2) is 41.5 Å². The third-order valence-corrected chi connectivity index (χ3v) is 4.48. The molecule has 0 aliphatic heterocycles. The van der Waals surface area contributed by atoms with E-state index in [1.807, 2.05) is 12.3 Å². The number of aromatic nitrogens is 1. The van der Waals surface area contributed by atoms with Crippen LogP contribution in [0.25, 0.3) is 0 Å². The molecule has 1 aromatic heterocycles. The van der Waals surface area contributed by atoms with E-state index in [0.29, 0.717) is 6.54 Å². The third kappa shape index (κ3) is 5.33. The first-order chi connectivity index (χ1) is 11.1. The highest BCUT2D eigenvalue weighted by atomic mass is 32.1. The van der Waals surface area contributed by atoms with Crippen LogP contribution in [0.3, 0.4) is 0 Å². The molecule has 0 aliphatic carbocycles. The fourth-order valence-corrected chi connectivity index (χ4v) is 3.06. The molecule has 0 saturated heterocycles. The van der Waals surface area contributed by atoms with Crippen molar-refractivity contribution in [2.45, 2.75) is 19.5 Å². The summed E-state index contributed by atoms with van der Waals surface area (Å²) in [7, 11) is 5.97. The van der Waals surface area contributed by atoms with Crippen LogP contribution in [0, 0.1) is 6.92 Å². The molecule has 0 bridgehead atoms. The summed E-state index contributed by atoms with van der Waals surface area (Å²) in [5, 5.41) is 7.78. The molecule has 0 saturated carbocycles. The minimum absolute atomic E-state index is 0.289. The van der Waals surface area contributed by atoms with Crippen LogP contribution >= 0.6 is 11.3 Å². The van der Waals surface area contributed by atoms with E-state index in [0.717, 1.165) is 17.5 Å². The maximum absolute atomic E-state index is 4.36. The van der Waals surface area contributed by atoms with Gasteiger partial charge in [-0.2, -0.15) is 0 Å². The number of hydrogen-bond acceptors (Lipinski definition) is 4. The van der Waals surface area contributed by atoms with Crippen molar-refractivity contribution in [3.63, 3.8) is 0 Å². The van der Waals surface area contributed by atoms with Gasteiger partial charge in [0.2, 0.25) is 0 Å². The van der Waals surface area contributed by atoms with Crippen LogP contribution in [0.5, 0.6) is 0 Å². The molecular weight excluding hydrogens is 306 g/mol. The molecule has 0 amide bonds. The fourth-order valence-electron chi connectivity index (χ4n) is 2.33. The van der Waals surface area contributed by atoms with E-state index < -0.39 is 0 Å². The van der Waals surface area contributed by atoms with E-state index in [1.54, 1.807) is 18.4 Å². The van der Waals surface area contributed by atoms with Gasteiger partial charge in [-0.25, -0.2) is 4.98 Å². The molecule has 0 aliphatic rings. The first kappa shape index (κ1) is 17.4. The molecule has 2 N–H and O–H groups in total. The number of likely N-dealkylation sites (N-methyl/N-ethyl adjacent to an activating group) is 1. The molecule has 5 nitrogen and oxygen atoms in total. The first-order valence-corrected chi connectivity index (χ1v) is 8.49. The summed E-state index contributed by atoms with van der Waals surface area (Å²) in [6, 6.07) is 10.8. The van der Waals surface area contributed by atoms with Gasteiger partial charge < -0.3 is 15.5 Å². The van der Waals surface area contributed by atoms with Crippen molar-refractivity contribution in [2.24, 2.45) is 4.99 Å². The maximum atomic E-state index is 4.36. The van der Waals surface area contributed by atoms with Crippen LogP contribution in [0.4, 0.5) is 0 Å². The topological polar surface area (TPSA) is 52.6 Å². The van der Waals surface area contributed by atoms with Gasteiger partial charge in [-0.15, -0.1) is 11.3 Å². The Balaban J connectivity index is 1.90. The summed E-state index contributed by atoms with van der Waals surface area (Å²) in [6.45, 7) is 3.54. The number of aliphatic imine (C=N–C) groups is 1. The SMILES string of the molecule is CN=C(NCc1ncc(C)s1)NCC(c1ccccc1)N(C)C. The van der Waals surface area contributed by atoms with Crippen LogP contribution in [-0.4, -0.2) is 43.5 Å². The van der Waals surface area contributed by atoms with Gasteiger partial charge in [0.25, 0.3) is 0 Å². The molecule has 1 atom stereocenters. The molecule has 0 spiro atoms. The molecule has 1 heterocycles. The van der Waals surface area contributed by atoms with Gasteiger partial charge in [0.15, 0.2) is 5.96 Å². The Morgan fingerprint density at radius 3 is 2.57 bits per heavy atom. The van der Waals surface area contributed by atoms with Crippen molar-refractivity contribution in [3.05, 3.63) is 52.0 Å². The molecule has 2 aromatic rings.